The van der Waals surface area contributed by atoms with Crippen molar-refractivity contribution in [2.24, 2.45) is 5.73 Å². The summed E-state index contributed by atoms with van der Waals surface area (Å²) < 4.78 is 3.33. The summed E-state index contributed by atoms with van der Waals surface area (Å²) >= 11 is 0. The zero-order chi connectivity index (χ0) is 13.1. The number of aryl methyl sites for hydroxylation is 2. The first-order valence-corrected chi connectivity index (χ1v) is 6.19. The van der Waals surface area contributed by atoms with Crippen LogP contribution in [0.4, 0.5) is 0 Å². The first-order valence-electron chi connectivity index (χ1n) is 6.19. The van der Waals surface area contributed by atoms with Crippen molar-refractivity contribution in [2.75, 3.05) is 0 Å². The van der Waals surface area contributed by atoms with Crippen molar-refractivity contribution in [3.8, 4) is 0 Å². The normalized spacial score (nSPS) is 12.6. The molecule has 4 nitrogen and oxygen atoms in total. The SMILES string of the molecule is CCn1ccn(CC(N)c2ccc(C)cc2)c1=O. The van der Waals surface area contributed by atoms with Crippen LogP contribution in [0.25, 0.3) is 0 Å². The van der Waals surface area contributed by atoms with E-state index in [1.807, 2.05) is 38.1 Å². The molecular weight excluding hydrogens is 226 g/mol. The van der Waals surface area contributed by atoms with E-state index in [1.165, 1.54) is 5.56 Å². The Morgan fingerprint density at radius 1 is 1.17 bits per heavy atom. The average molecular weight is 245 g/mol. The minimum atomic E-state index is -0.156. The third-order valence-corrected chi connectivity index (χ3v) is 3.16. The van der Waals surface area contributed by atoms with Gasteiger partial charge in [-0.3, -0.25) is 9.13 Å². The Kier molecular flexibility index (Phi) is 3.67. The van der Waals surface area contributed by atoms with Crippen LogP contribution in [0.15, 0.2) is 41.5 Å². The molecule has 1 unspecified atom stereocenters. The lowest BCUT2D eigenvalue weighted by Gasteiger charge is -2.12. The maximum absolute atomic E-state index is 11.9. The van der Waals surface area contributed by atoms with E-state index in [9.17, 15) is 4.79 Å². The van der Waals surface area contributed by atoms with Gasteiger partial charge in [-0.15, -0.1) is 0 Å². The molecule has 0 saturated carbocycles. The fourth-order valence-electron chi connectivity index (χ4n) is 1.96. The van der Waals surface area contributed by atoms with E-state index in [2.05, 4.69) is 0 Å². The van der Waals surface area contributed by atoms with Crippen molar-refractivity contribution in [3.05, 3.63) is 58.3 Å². The van der Waals surface area contributed by atoms with E-state index in [0.29, 0.717) is 13.1 Å². The van der Waals surface area contributed by atoms with Crippen molar-refractivity contribution >= 4 is 0 Å². The molecule has 2 N–H and O–H groups in total. The summed E-state index contributed by atoms with van der Waals surface area (Å²) in [5, 5.41) is 0. The smallest absolute Gasteiger partial charge is 0.322 e. The first-order chi connectivity index (χ1) is 8.61. The molecule has 0 radical (unpaired) electrons. The highest BCUT2D eigenvalue weighted by Gasteiger charge is 2.09. The number of hydrogen-bond acceptors (Lipinski definition) is 2. The van der Waals surface area contributed by atoms with E-state index in [1.54, 1.807) is 21.5 Å². The van der Waals surface area contributed by atoms with Crippen molar-refractivity contribution < 1.29 is 0 Å². The third kappa shape index (κ3) is 2.54. The summed E-state index contributed by atoms with van der Waals surface area (Å²) in [6.45, 7) is 5.19. The summed E-state index contributed by atoms with van der Waals surface area (Å²) in [5.74, 6) is 0. The van der Waals surface area contributed by atoms with Gasteiger partial charge in [0.2, 0.25) is 0 Å². The Hall–Kier alpha value is -1.81. The maximum atomic E-state index is 11.9. The minimum absolute atomic E-state index is 0.0000571. The molecule has 0 aliphatic heterocycles. The predicted octanol–water partition coefficient (Wildman–Crippen LogP) is 1.68. The van der Waals surface area contributed by atoms with Crippen LogP contribution < -0.4 is 11.4 Å². The Bertz CT molecular complexity index is 565. The van der Waals surface area contributed by atoms with Crippen LogP contribution in [0, 0.1) is 6.92 Å². The van der Waals surface area contributed by atoms with Crippen LogP contribution in [0.5, 0.6) is 0 Å². The molecule has 1 aromatic carbocycles. The molecule has 0 aliphatic carbocycles. The van der Waals surface area contributed by atoms with Crippen LogP contribution in [0.2, 0.25) is 0 Å². The van der Waals surface area contributed by atoms with Crippen molar-refractivity contribution in [1.29, 1.82) is 0 Å². The van der Waals surface area contributed by atoms with Crippen molar-refractivity contribution in [3.63, 3.8) is 0 Å². The molecule has 0 spiro atoms. The van der Waals surface area contributed by atoms with Crippen molar-refractivity contribution in [2.45, 2.75) is 33.0 Å². The van der Waals surface area contributed by atoms with Crippen LogP contribution in [-0.2, 0) is 13.1 Å². The number of hydrogen-bond donors (Lipinski definition) is 1. The molecule has 0 saturated heterocycles. The van der Waals surface area contributed by atoms with Gasteiger partial charge in [0.05, 0.1) is 0 Å². The van der Waals surface area contributed by atoms with Gasteiger partial charge in [-0.05, 0) is 19.4 Å². The van der Waals surface area contributed by atoms with Gasteiger partial charge in [-0.25, -0.2) is 4.79 Å². The molecule has 1 heterocycles. The van der Waals surface area contributed by atoms with Crippen LogP contribution in [0.3, 0.4) is 0 Å². The fourth-order valence-corrected chi connectivity index (χ4v) is 1.96. The lowest BCUT2D eigenvalue weighted by Crippen LogP contribution is -2.28. The molecule has 1 aromatic heterocycles. The van der Waals surface area contributed by atoms with Crippen LogP contribution in [0.1, 0.15) is 24.1 Å². The average Bonchev–Trinajstić information content (AvgIpc) is 2.71. The van der Waals surface area contributed by atoms with Gasteiger partial charge in [0.15, 0.2) is 0 Å². The largest absolute Gasteiger partial charge is 0.328 e. The summed E-state index contributed by atoms with van der Waals surface area (Å²) in [6, 6.07) is 7.95. The van der Waals surface area contributed by atoms with E-state index in [-0.39, 0.29) is 11.7 Å². The van der Waals surface area contributed by atoms with E-state index in [4.69, 9.17) is 5.73 Å². The van der Waals surface area contributed by atoms with E-state index in [0.717, 1.165) is 5.56 Å². The molecule has 1 atom stereocenters. The first kappa shape index (κ1) is 12.6. The van der Waals surface area contributed by atoms with Gasteiger partial charge >= 0.3 is 5.69 Å². The zero-order valence-corrected chi connectivity index (χ0v) is 10.8. The highest BCUT2D eigenvalue weighted by Crippen LogP contribution is 2.12. The third-order valence-electron chi connectivity index (χ3n) is 3.16. The van der Waals surface area contributed by atoms with Gasteiger partial charge in [-0.2, -0.15) is 0 Å². The maximum Gasteiger partial charge on any atom is 0.328 e. The molecule has 2 aromatic rings. The second-order valence-electron chi connectivity index (χ2n) is 4.54. The standard InChI is InChI=1S/C14H19N3O/c1-3-16-8-9-17(14(16)18)10-13(15)12-6-4-11(2)5-7-12/h4-9,13H,3,10,15H2,1-2H3. The monoisotopic (exact) mass is 245 g/mol. The second-order valence-corrected chi connectivity index (χ2v) is 4.54. The highest BCUT2D eigenvalue weighted by atomic mass is 16.1. The number of nitrogens with zero attached hydrogens (tertiary/aromatic N) is 2. The number of aromatic nitrogens is 2. The van der Waals surface area contributed by atoms with Gasteiger partial charge in [0.1, 0.15) is 0 Å². The molecule has 96 valence electrons. The van der Waals surface area contributed by atoms with Gasteiger partial charge in [0, 0.05) is 31.5 Å². The molecule has 0 amide bonds. The Morgan fingerprint density at radius 2 is 1.78 bits per heavy atom. The summed E-state index contributed by atoms with van der Waals surface area (Å²) in [4.78, 5) is 11.9. The van der Waals surface area contributed by atoms with Gasteiger partial charge in [0.25, 0.3) is 0 Å². The Morgan fingerprint density at radius 3 is 2.33 bits per heavy atom. The lowest BCUT2D eigenvalue weighted by molar-refractivity contribution is 0.548. The molecule has 0 bridgehead atoms. The fraction of sp³-hybridized carbons (Fsp3) is 0.357. The zero-order valence-electron chi connectivity index (χ0n) is 10.8. The number of nitrogens with two attached hydrogens (primary N) is 1. The molecule has 0 aliphatic rings. The molecular formula is C14H19N3O. The number of benzene rings is 1. The summed E-state index contributed by atoms with van der Waals surface area (Å²) in [5.41, 5.74) is 8.39. The van der Waals surface area contributed by atoms with E-state index < -0.39 is 0 Å². The predicted molar refractivity (Wildman–Crippen MR) is 72.5 cm³/mol. The Labute approximate surface area is 107 Å². The van der Waals surface area contributed by atoms with Gasteiger partial charge in [-0.1, -0.05) is 29.8 Å². The second kappa shape index (κ2) is 5.23. The number of rotatable bonds is 4. The Balaban J connectivity index is 2.16. The highest BCUT2D eigenvalue weighted by molar-refractivity contribution is 5.23. The summed E-state index contributed by atoms with van der Waals surface area (Å²) in [7, 11) is 0. The molecule has 0 fully saturated rings. The minimum Gasteiger partial charge on any atom is -0.322 e. The summed E-state index contributed by atoms with van der Waals surface area (Å²) in [6.07, 6.45) is 3.59. The quantitative estimate of drug-likeness (QED) is 0.891. The van der Waals surface area contributed by atoms with Crippen LogP contribution >= 0.6 is 0 Å². The molecule has 4 heteroatoms. The number of imidazole rings is 1. The van der Waals surface area contributed by atoms with Crippen molar-refractivity contribution in [1.82, 2.24) is 9.13 Å². The van der Waals surface area contributed by atoms with Gasteiger partial charge < -0.3 is 5.73 Å². The molecule has 2 rings (SSSR count). The van der Waals surface area contributed by atoms with E-state index >= 15 is 0 Å². The van der Waals surface area contributed by atoms with Crippen LogP contribution in [-0.4, -0.2) is 9.13 Å². The topological polar surface area (TPSA) is 52.9 Å². The molecule has 18 heavy (non-hydrogen) atoms. The lowest BCUT2D eigenvalue weighted by atomic mass is 10.1.